The molecule has 0 heterocycles. The number of nitriles is 1. The predicted octanol–water partition coefficient (Wildman–Crippen LogP) is 4.47. The average Bonchev–Trinajstić information content (AvgIpc) is 2.63. The number of hydrogen-bond donors (Lipinski definition) is 1. The monoisotopic (exact) mass is 426 g/mol. The number of ether oxygens (including phenoxy) is 2. The largest absolute Gasteiger partial charge is 0.479 e. The first kappa shape index (κ1) is 20.8. The minimum Gasteiger partial charge on any atom is -0.479 e. The molecule has 0 saturated carbocycles. The number of esters is 1. The highest BCUT2D eigenvalue weighted by Gasteiger charge is 2.19. The highest BCUT2D eigenvalue weighted by molar-refractivity contribution is 6.42. The second-order valence-electron chi connectivity index (χ2n) is 5.30. The average molecular weight is 428 g/mol. The van der Waals surface area contributed by atoms with E-state index in [-0.39, 0.29) is 15.7 Å². The SMILES string of the molecule is CC(Oc1ccc(C#N)cc1)C(=O)OCC(=O)Nc1c(Cl)cc(Cl)cc1Cl. The van der Waals surface area contributed by atoms with Gasteiger partial charge >= 0.3 is 5.97 Å². The van der Waals surface area contributed by atoms with Crippen molar-refractivity contribution in [2.75, 3.05) is 11.9 Å². The van der Waals surface area contributed by atoms with Crippen molar-refractivity contribution in [3.8, 4) is 11.8 Å². The number of rotatable bonds is 6. The Hall–Kier alpha value is -2.46. The van der Waals surface area contributed by atoms with Crippen molar-refractivity contribution in [1.29, 1.82) is 5.26 Å². The number of carbonyl (C=O) groups is 2. The number of benzene rings is 2. The lowest BCUT2D eigenvalue weighted by Crippen LogP contribution is -2.29. The van der Waals surface area contributed by atoms with Gasteiger partial charge in [-0.3, -0.25) is 4.79 Å². The summed E-state index contributed by atoms with van der Waals surface area (Å²) in [6, 6.07) is 11.0. The molecule has 0 saturated heterocycles. The molecule has 0 aliphatic carbocycles. The molecule has 0 radical (unpaired) electrons. The number of amides is 1. The molecule has 1 unspecified atom stereocenters. The molecule has 1 amide bonds. The molecule has 0 aliphatic rings. The Balaban J connectivity index is 1.87. The van der Waals surface area contributed by atoms with Crippen LogP contribution >= 0.6 is 34.8 Å². The van der Waals surface area contributed by atoms with Crippen LogP contribution in [-0.2, 0) is 14.3 Å². The summed E-state index contributed by atoms with van der Waals surface area (Å²) in [5.41, 5.74) is 0.638. The summed E-state index contributed by atoms with van der Waals surface area (Å²) in [7, 11) is 0. The van der Waals surface area contributed by atoms with Crippen molar-refractivity contribution < 1.29 is 19.1 Å². The smallest absolute Gasteiger partial charge is 0.347 e. The van der Waals surface area contributed by atoms with Gasteiger partial charge in [0.15, 0.2) is 12.7 Å². The normalized spacial score (nSPS) is 11.2. The highest BCUT2D eigenvalue weighted by Crippen LogP contribution is 2.33. The molecule has 6 nitrogen and oxygen atoms in total. The van der Waals surface area contributed by atoms with E-state index in [9.17, 15) is 9.59 Å². The fourth-order valence-corrected chi connectivity index (χ4v) is 2.86. The molecule has 0 spiro atoms. The van der Waals surface area contributed by atoms with Crippen LogP contribution in [0, 0.1) is 11.3 Å². The van der Waals surface area contributed by atoms with Crippen LogP contribution in [-0.4, -0.2) is 24.6 Å². The van der Waals surface area contributed by atoms with E-state index < -0.39 is 24.6 Å². The van der Waals surface area contributed by atoms with Gasteiger partial charge in [0, 0.05) is 5.02 Å². The van der Waals surface area contributed by atoms with Crippen LogP contribution in [0.2, 0.25) is 15.1 Å². The third kappa shape index (κ3) is 6.04. The van der Waals surface area contributed by atoms with Crippen LogP contribution in [0.25, 0.3) is 0 Å². The van der Waals surface area contributed by atoms with Gasteiger partial charge in [-0.1, -0.05) is 34.8 Å². The number of nitrogens with zero attached hydrogens (tertiary/aromatic N) is 1. The maximum atomic E-state index is 12.0. The minimum atomic E-state index is -0.951. The van der Waals surface area contributed by atoms with Crippen molar-refractivity contribution >= 4 is 52.4 Å². The van der Waals surface area contributed by atoms with Crippen molar-refractivity contribution in [2.45, 2.75) is 13.0 Å². The standard InChI is InChI=1S/C18H13Cl3N2O4/c1-10(27-13-4-2-11(8-22)3-5-13)18(25)26-9-16(24)23-17-14(20)6-12(19)7-15(17)21/h2-7,10H,9H2,1H3,(H,23,24). The third-order valence-corrected chi connectivity index (χ3v) is 4.06. The maximum Gasteiger partial charge on any atom is 0.347 e. The summed E-state index contributed by atoms with van der Waals surface area (Å²) in [4.78, 5) is 23.9. The Labute approximate surface area is 170 Å². The first-order chi connectivity index (χ1) is 12.8. The molecule has 2 aromatic carbocycles. The number of halogens is 3. The molecule has 0 fully saturated rings. The second kappa shape index (κ2) is 9.47. The van der Waals surface area contributed by atoms with Gasteiger partial charge in [0.2, 0.25) is 0 Å². The Morgan fingerprint density at radius 3 is 2.30 bits per heavy atom. The fourth-order valence-electron chi connectivity index (χ4n) is 1.95. The summed E-state index contributed by atoms with van der Waals surface area (Å²) in [6.07, 6.45) is -0.951. The van der Waals surface area contributed by atoms with Crippen LogP contribution in [0.3, 0.4) is 0 Å². The molecular formula is C18H13Cl3N2O4. The summed E-state index contributed by atoms with van der Waals surface area (Å²) >= 11 is 17.7. The molecule has 1 N–H and O–H groups in total. The van der Waals surface area contributed by atoms with Crippen LogP contribution in [0.4, 0.5) is 5.69 Å². The van der Waals surface area contributed by atoms with Gasteiger partial charge in [0.1, 0.15) is 5.75 Å². The van der Waals surface area contributed by atoms with E-state index in [2.05, 4.69) is 5.32 Å². The molecule has 2 rings (SSSR count). The zero-order chi connectivity index (χ0) is 20.0. The van der Waals surface area contributed by atoms with Crippen molar-refractivity contribution in [3.63, 3.8) is 0 Å². The zero-order valence-electron chi connectivity index (χ0n) is 14.0. The minimum absolute atomic E-state index is 0.157. The molecule has 27 heavy (non-hydrogen) atoms. The number of hydrogen-bond acceptors (Lipinski definition) is 5. The van der Waals surface area contributed by atoms with Crippen molar-refractivity contribution in [3.05, 3.63) is 57.0 Å². The van der Waals surface area contributed by atoms with E-state index in [4.69, 9.17) is 49.5 Å². The summed E-state index contributed by atoms with van der Waals surface area (Å²) in [5, 5.41) is 11.8. The van der Waals surface area contributed by atoms with Crippen molar-refractivity contribution in [2.24, 2.45) is 0 Å². The van der Waals surface area contributed by atoms with E-state index in [1.54, 1.807) is 24.3 Å². The Kier molecular flexibility index (Phi) is 7.31. The summed E-state index contributed by atoms with van der Waals surface area (Å²) in [6.45, 7) is 0.931. The Morgan fingerprint density at radius 1 is 1.15 bits per heavy atom. The highest BCUT2D eigenvalue weighted by atomic mass is 35.5. The van der Waals surface area contributed by atoms with Crippen molar-refractivity contribution in [1.82, 2.24) is 0 Å². The summed E-state index contributed by atoms with van der Waals surface area (Å²) < 4.78 is 10.3. The van der Waals surface area contributed by atoms with Gasteiger partial charge in [0.05, 0.1) is 27.4 Å². The van der Waals surface area contributed by atoms with E-state index in [1.807, 2.05) is 6.07 Å². The van der Waals surface area contributed by atoms with Gasteiger partial charge in [-0.15, -0.1) is 0 Å². The van der Waals surface area contributed by atoms with E-state index >= 15 is 0 Å². The number of anilines is 1. The molecule has 0 aromatic heterocycles. The van der Waals surface area contributed by atoms with Gasteiger partial charge in [-0.2, -0.15) is 5.26 Å². The van der Waals surface area contributed by atoms with Gasteiger partial charge in [-0.05, 0) is 43.3 Å². The number of nitrogens with one attached hydrogen (secondary N) is 1. The number of carbonyl (C=O) groups excluding carboxylic acids is 2. The lowest BCUT2D eigenvalue weighted by Gasteiger charge is -2.14. The quantitative estimate of drug-likeness (QED) is 0.687. The van der Waals surface area contributed by atoms with Crippen LogP contribution < -0.4 is 10.1 Å². The van der Waals surface area contributed by atoms with E-state index in [1.165, 1.54) is 19.1 Å². The Morgan fingerprint density at radius 2 is 1.74 bits per heavy atom. The second-order valence-corrected chi connectivity index (χ2v) is 6.55. The van der Waals surface area contributed by atoms with E-state index in [0.717, 1.165) is 0 Å². The molecule has 1 atom stereocenters. The third-order valence-electron chi connectivity index (χ3n) is 3.25. The van der Waals surface area contributed by atoms with Gasteiger partial charge in [0.25, 0.3) is 5.91 Å². The van der Waals surface area contributed by atoms with Crippen LogP contribution in [0.5, 0.6) is 5.75 Å². The molecule has 9 heteroatoms. The van der Waals surface area contributed by atoms with Crippen LogP contribution in [0.1, 0.15) is 12.5 Å². The lowest BCUT2D eigenvalue weighted by atomic mass is 10.2. The summed E-state index contributed by atoms with van der Waals surface area (Å²) in [5.74, 6) is -0.967. The van der Waals surface area contributed by atoms with E-state index in [0.29, 0.717) is 16.3 Å². The molecule has 140 valence electrons. The molecule has 2 aromatic rings. The topological polar surface area (TPSA) is 88.4 Å². The molecule has 0 aliphatic heterocycles. The van der Waals surface area contributed by atoms with Gasteiger partial charge in [-0.25, -0.2) is 4.79 Å². The predicted molar refractivity (Wildman–Crippen MR) is 102 cm³/mol. The maximum absolute atomic E-state index is 12.0. The molecular weight excluding hydrogens is 415 g/mol. The first-order valence-electron chi connectivity index (χ1n) is 7.58. The van der Waals surface area contributed by atoms with Crippen LogP contribution in [0.15, 0.2) is 36.4 Å². The Bertz CT molecular complexity index is 871. The van der Waals surface area contributed by atoms with Gasteiger partial charge < -0.3 is 14.8 Å². The lowest BCUT2D eigenvalue weighted by molar-refractivity contribution is -0.153. The fraction of sp³-hybridized carbons (Fsp3) is 0.167. The molecule has 0 bridgehead atoms. The first-order valence-corrected chi connectivity index (χ1v) is 8.71. The zero-order valence-corrected chi connectivity index (χ0v) is 16.2.